The molecule has 1 atom stereocenters. The summed E-state index contributed by atoms with van der Waals surface area (Å²) in [6.45, 7) is 5.31. The summed E-state index contributed by atoms with van der Waals surface area (Å²) in [5, 5.41) is 1.34. The standard InChI is InChI=1S/C17H17ClN4OS/c1-2-21-8-7-12-13(9-21)24-16-14(12)17(23)22(19)15(20-16)10-3-5-11(18)6-4-10/h3-6H,2,7-9,19H2,1H3/p+1. The van der Waals surface area contributed by atoms with E-state index in [0.29, 0.717) is 16.2 Å². The number of nitrogen functional groups attached to an aromatic ring is 1. The summed E-state index contributed by atoms with van der Waals surface area (Å²) in [6, 6.07) is 7.20. The minimum atomic E-state index is -0.164. The second-order valence-corrected chi connectivity index (χ2v) is 7.60. The van der Waals surface area contributed by atoms with Crippen molar-refractivity contribution < 1.29 is 4.90 Å². The van der Waals surface area contributed by atoms with E-state index in [9.17, 15) is 4.79 Å². The third-order valence-electron chi connectivity index (χ3n) is 4.68. The zero-order valence-corrected chi connectivity index (χ0v) is 14.9. The molecule has 1 unspecified atom stereocenters. The van der Waals surface area contributed by atoms with Crippen LogP contribution in [0.2, 0.25) is 5.02 Å². The lowest BCUT2D eigenvalue weighted by Gasteiger charge is -2.22. The fraction of sp³-hybridized carbons (Fsp3) is 0.294. The summed E-state index contributed by atoms with van der Waals surface area (Å²) < 4.78 is 1.16. The van der Waals surface area contributed by atoms with Crippen LogP contribution in [0.3, 0.4) is 0 Å². The molecular formula is C17H18ClN4OS+. The molecule has 0 spiro atoms. The van der Waals surface area contributed by atoms with Gasteiger partial charge in [-0.2, -0.15) is 0 Å². The number of quaternary nitrogens is 1. The van der Waals surface area contributed by atoms with Crippen LogP contribution < -0.4 is 16.3 Å². The third-order valence-corrected chi connectivity index (χ3v) is 6.06. The van der Waals surface area contributed by atoms with Crippen LogP contribution in [-0.4, -0.2) is 22.7 Å². The Balaban J connectivity index is 1.92. The lowest BCUT2D eigenvalue weighted by Crippen LogP contribution is -3.11. The highest BCUT2D eigenvalue weighted by molar-refractivity contribution is 7.18. The van der Waals surface area contributed by atoms with Crippen LogP contribution in [-0.2, 0) is 13.0 Å². The van der Waals surface area contributed by atoms with Gasteiger partial charge in [-0.1, -0.05) is 11.6 Å². The number of nitrogens with two attached hydrogens (primary N) is 1. The van der Waals surface area contributed by atoms with Crippen LogP contribution in [0.4, 0.5) is 0 Å². The summed E-state index contributed by atoms with van der Waals surface area (Å²) in [7, 11) is 0. The molecule has 3 aromatic rings. The lowest BCUT2D eigenvalue weighted by atomic mass is 10.1. The SMILES string of the molecule is CC[NH+]1CCc2c(sc3nc(-c4ccc(Cl)cc4)n(N)c(=O)c23)C1. The van der Waals surface area contributed by atoms with Gasteiger partial charge >= 0.3 is 0 Å². The molecule has 0 bridgehead atoms. The van der Waals surface area contributed by atoms with Gasteiger partial charge in [0.05, 0.1) is 23.4 Å². The molecule has 7 heteroatoms. The molecule has 5 nitrogen and oxygen atoms in total. The molecule has 24 heavy (non-hydrogen) atoms. The van der Waals surface area contributed by atoms with E-state index >= 15 is 0 Å². The number of fused-ring (bicyclic) bond motifs is 3. The van der Waals surface area contributed by atoms with Gasteiger partial charge in [-0.25, -0.2) is 9.66 Å². The maximum Gasteiger partial charge on any atom is 0.281 e. The van der Waals surface area contributed by atoms with Crippen molar-refractivity contribution in [1.82, 2.24) is 9.66 Å². The van der Waals surface area contributed by atoms with Gasteiger partial charge < -0.3 is 10.7 Å². The van der Waals surface area contributed by atoms with Crippen LogP contribution in [0, 0.1) is 0 Å². The first-order valence-corrected chi connectivity index (χ1v) is 9.19. The van der Waals surface area contributed by atoms with E-state index in [4.69, 9.17) is 22.4 Å². The van der Waals surface area contributed by atoms with Crippen molar-refractivity contribution in [3.05, 3.63) is 50.1 Å². The molecule has 3 heterocycles. The molecule has 0 radical (unpaired) electrons. The highest BCUT2D eigenvalue weighted by Crippen LogP contribution is 2.30. The number of likely N-dealkylation sites (N-methyl/N-ethyl adjacent to an activating group) is 1. The fourth-order valence-corrected chi connectivity index (χ4v) is 4.70. The van der Waals surface area contributed by atoms with E-state index in [-0.39, 0.29) is 5.56 Å². The molecule has 0 saturated carbocycles. The predicted octanol–water partition coefficient (Wildman–Crippen LogP) is 1.45. The Bertz CT molecular complexity index is 977. The minimum Gasteiger partial charge on any atom is -0.334 e. The molecule has 0 amide bonds. The average Bonchev–Trinajstić information content (AvgIpc) is 2.96. The van der Waals surface area contributed by atoms with Gasteiger partial charge in [0.2, 0.25) is 0 Å². The zero-order chi connectivity index (χ0) is 16.8. The Morgan fingerprint density at radius 3 is 2.83 bits per heavy atom. The Labute approximate surface area is 148 Å². The number of benzene rings is 1. The van der Waals surface area contributed by atoms with E-state index in [0.717, 1.165) is 46.7 Å². The normalized spacial score (nSPS) is 17.2. The van der Waals surface area contributed by atoms with Crippen molar-refractivity contribution in [3.8, 4) is 11.4 Å². The molecule has 2 aromatic heterocycles. The van der Waals surface area contributed by atoms with E-state index in [1.807, 2.05) is 12.1 Å². The quantitative estimate of drug-likeness (QED) is 0.679. The van der Waals surface area contributed by atoms with E-state index in [2.05, 4.69) is 6.92 Å². The smallest absolute Gasteiger partial charge is 0.281 e. The van der Waals surface area contributed by atoms with Crippen molar-refractivity contribution >= 4 is 33.2 Å². The first-order chi connectivity index (χ1) is 11.6. The number of halogens is 1. The molecular weight excluding hydrogens is 344 g/mol. The molecule has 3 N–H and O–H groups in total. The number of nitrogens with zero attached hydrogens (tertiary/aromatic N) is 2. The molecule has 0 fully saturated rings. The topological polar surface area (TPSA) is 65.3 Å². The van der Waals surface area contributed by atoms with Gasteiger partial charge in [0.1, 0.15) is 11.4 Å². The molecule has 1 aromatic carbocycles. The molecule has 1 aliphatic rings. The van der Waals surface area contributed by atoms with E-state index < -0.39 is 0 Å². The largest absolute Gasteiger partial charge is 0.334 e. The number of nitrogens with one attached hydrogen (secondary N) is 1. The van der Waals surface area contributed by atoms with Crippen LogP contribution in [0.1, 0.15) is 17.4 Å². The highest BCUT2D eigenvalue weighted by atomic mass is 35.5. The van der Waals surface area contributed by atoms with Gasteiger partial charge in [0.15, 0.2) is 5.82 Å². The number of hydrogen-bond donors (Lipinski definition) is 2. The van der Waals surface area contributed by atoms with Crippen LogP contribution in [0.15, 0.2) is 29.1 Å². The summed E-state index contributed by atoms with van der Waals surface area (Å²) >= 11 is 7.57. The third kappa shape index (κ3) is 2.42. The van der Waals surface area contributed by atoms with Gasteiger partial charge in [0, 0.05) is 17.0 Å². The first-order valence-electron chi connectivity index (χ1n) is 8.00. The molecule has 4 rings (SSSR count). The minimum absolute atomic E-state index is 0.164. The Kier molecular flexibility index (Phi) is 3.83. The lowest BCUT2D eigenvalue weighted by molar-refractivity contribution is -0.913. The van der Waals surface area contributed by atoms with Gasteiger partial charge in [-0.3, -0.25) is 4.79 Å². The fourth-order valence-electron chi connectivity index (χ4n) is 3.29. The van der Waals surface area contributed by atoms with Gasteiger partial charge in [-0.15, -0.1) is 11.3 Å². The van der Waals surface area contributed by atoms with E-state index in [1.54, 1.807) is 28.4 Å². The average molecular weight is 362 g/mol. The van der Waals surface area contributed by atoms with E-state index in [1.165, 1.54) is 4.88 Å². The summed E-state index contributed by atoms with van der Waals surface area (Å²) in [4.78, 5) is 21.1. The Morgan fingerprint density at radius 1 is 1.38 bits per heavy atom. The van der Waals surface area contributed by atoms with Crippen molar-refractivity contribution in [2.45, 2.75) is 19.9 Å². The maximum absolute atomic E-state index is 12.8. The molecule has 0 aliphatic carbocycles. The number of aromatic nitrogens is 2. The van der Waals surface area contributed by atoms with Crippen LogP contribution in [0.5, 0.6) is 0 Å². The summed E-state index contributed by atoms with van der Waals surface area (Å²) in [6.07, 6.45) is 0.912. The monoisotopic (exact) mass is 361 g/mol. The number of rotatable bonds is 2. The number of thiophene rings is 1. The van der Waals surface area contributed by atoms with Gasteiger partial charge in [-0.05, 0) is 36.8 Å². The number of hydrogen-bond acceptors (Lipinski definition) is 4. The molecule has 124 valence electrons. The Hall–Kier alpha value is -1.89. The van der Waals surface area contributed by atoms with Crippen molar-refractivity contribution in [2.24, 2.45) is 0 Å². The zero-order valence-electron chi connectivity index (χ0n) is 13.3. The molecule has 1 aliphatic heterocycles. The second kappa shape index (κ2) is 5.88. The van der Waals surface area contributed by atoms with Crippen LogP contribution in [0.25, 0.3) is 21.6 Å². The summed E-state index contributed by atoms with van der Waals surface area (Å²) in [5.41, 5.74) is 1.77. The van der Waals surface area contributed by atoms with Gasteiger partial charge in [0.25, 0.3) is 5.56 Å². The first kappa shape index (κ1) is 15.6. The summed E-state index contributed by atoms with van der Waals surface area (Å²) in [5.74, 6) is 6.55. The van der Waals surface area contributed by atoms with Crippen molar-refractivity contribution in [1.29, 1.82) is 0 Å². The molecule has 0 saturated heterocycles. The maximum atomic E-state index is 12.8. The predicted molar refractivity (Wildman–Crippen MR) is 98.3 cm³/mol. The second-order valence-electron chi connectivity index (χ2n) is 6.08. The van der Waals surface area contributed by atoms with Crippen molar-refractivity contribution in [2.75, 3.05) is 18.9 Å². The van der Waals surface area contributed by atoms with Crippen molar-refractivity contribution in [3.63, 3.8) is 0 Å². The Morgan fingerprint density at radius 2 is 2.12 bits per heavy atom. The highest BCUT2D eigenvalue weighted by Gasteiger charge is 2.26. The van der Waals surface area contributed by atoms with Crippen LogP contribution >= 0.6 is 22.9 Å².